The molecule has 0 spiro atoms. The molecule has 2 heterocycles. The molecule has 0 fully saturated rings. The molecule has 0 aliphatic heterocycles. The summed E-state index contributed by atoms with van der Waals surface area (Å²) < 4.78 is 12.9. The highest BCUT2D eigenvalue weighted by Gasteiger charge is 2.18. The summed E-state index contributed by atoms with van der Waals surface area (Å²) in [5.74, 6) is 1.70. The third-order valence-electron chi connectivity index (χ3n) is 6.32. The van der Waals surface area contributed by atoms with E-state index in [2.05, 4.69) is 26.1 Å². The summed E-state index contributed by atoms with van der Waals surface area (Å²) >= 11 is 4.19. The Balaban J connectivity index is 1.67. The third kappa shape index (κ3) is 13.7. The van der Waals surface area contributed by atoms with Crippen molar-refractivity contribution in [1.29, 1.82) is 0 Å². The topological polar surface area (TPSA) is 175 Å². The Labute approximate surface area is 284 Å². The van der Waals surface area contributed by atoms with Crippen LogP contribution in [0.1, 0.15) is 52.1 Å². The maximum Gasteiger partial charge on any atom is 0.339 e. The lowest BCUT2D eigenvalue weighted by Gasteiger charge is -2.13. The molecule has 254 valence electrons. The predicted octanol–water partition coefficient (Wildman–Crippen LogP) is 5.46. The van der Waals surface area contributed by atoms with Crippen LogP contribution >= 0.6 is 34.9 Å². The quantitative estimate of drug-likeness (QED) is 0.0400. The van der Waals surface area contributed by atoms with Gasteiger partial charge in [0, 0.05) is 40.9 Å². The number of hydrogen-bond donors (Lipinski definition) is 0. The molecule has 0 aliphatic rings. The van der Waals surface area contributed by atoms with E-state index in [1.165, 1.54) is 34.9 Å². The fourth-order valence-electron chi connectivity index (χ4n) is 4.09. The maximum atomic E-state index is 13.2. The van der Waals surface area contributed by atoms with Crippen molar-refractivity contribution < 1.29 is 38.9 Å². The lowest BCUT2D eigenvalue weighted by Crippen LogP contribution is -2.12. The summed E-state index contributed by atoms with van der Waals surface area (Å²) in [4.78, 5) is 60.1. The first kappa shape index (κ1) is 37.4. The number of rotatable bonds is 23. The molecular weight excluding hydrogens is 673 g/mol. The van der Waals surface area contributed by atoms with Gasteiger partial charge in [0.1, 0.15) is 32.3 Å². The molecule has 1 aromatic carbocycles. The van der Waals surface area contributed by atoms with Gasteiger partial charge in [-0.1, -0.05) is 31.5 Å². The summed E-state index contributed by atoms with van der Waals surface area (Å²) in [6.45, 7) is 2.82. The van der Waals surface area contributed by atoms with Crippen LogP contribution in [0.2, 0.25) is 0 Å². The largest absolute Gasteiger partial charge is 0.461 e. The smallest absolute Gasteiger partial charge is 0.339 e. The first-order valence-electron chi connectivity index (χ1n) is 14.7. The molecule has 0 N–H and O–H groups in total. The lowest BCUT2D eigenvalue weighted by molar-refractivity contribution is -0.756. The number of thioether (sulfide) groups is 2. The van der Waals surface area contributed by atoms with Crippen molar-refractivity contribution in [3.05, 3.63) is 95.7 Å². The summed E-state index contributed by atoms with van der Waals surface area (Å²) in [7, 11) is 0. The molecule has 0 amide bonds. The zero-order valence-electron chi connectivity index (χ0n) is 25.8. The van der Waals surface area contributed by atoms with Gasteiger partial charge in [-0.15, -0.1) is 31.6 Å². The summed E-state index contributed by atoms with van der Waals surface area (Å²) in [5, 5.41) is 20.6. The van der Waals surface area contributed by atoms with Crippen molar-refractivity contribution in [3.8, 4) is 0 Å². The van der Waals surface area contributed by atoms with Crippen LogP contribution in [0.5, 0.6) is 0 Å². The molecule has 3 aromatic rings. The highest BCUT2D eigenvalue weighted by molar-refractivity contribution is 7.99. The number of aryl methyl sites for hydroxylation is 1. The zero-order chi connectivity index (χ0) is 33.9. The van der Waals surface area contributed by atoms with Crippen molar-refractivity contribution in [1.82, 2.24) is 9.55 Å². The third-order valence-corrected chi connectivity index (χ3v) is 9.05. The number of nitrogens with zero attached hydrogens (tertiary/aromatic N) is 4. The Bertz CT molecular complexity index is 1460. The fraction of sp³-hybridized carbons (Fsp3) is 0.433. The Morgan fingerprint density at radius 2 is 1.57 bits per heavy atom. The van der Waals surface area contributed by atoms with Gasteiger partial charge in [-0.2, -0.15) is 23.5 Å². The predicted molar refractivity (Wildman–Crippen MR) is 180 cm³/mol. The molecule has 14 nitrogen and oxygen atoms in total. The van der Waals surface area contributed by atoms with Gasteiger partial charge in [-0.3, -0.25) is 0 Å². The minimum absolute atomic E-state index is 0.0202. The highest BCUT2D eigenvalue weighted by Crippen LogP contribution is 2.26. The molecule has 0 bridgehead atoms. The minimum Gasteiger partial charge on any atom is -0.461 e. The number of carbonyl (C=O) groups excluding carboxylic acids is 2. The molecule has 0 atom stereocenters. The Kier molecular flexibility index (Phi) is 16.6. The molecular formula is C30H36N4O10S3. The summed E-state index contributed by atoms with van der Waals surface area (Å²) in [6, 6.07) is 10.8. The van der Waals surface area contributed by atoms with Crippen LogP contribution in [0, 0.1) is 20.2 Å². The number of unbranched alkanes of at least 4 members (excludes halogenated alkanes) is 1. The van der Waals surface area contributed by atoms with Gasteiger partial charge in [0.25, 0.3) is 10.2 Å². The van der Waals surface area contributed by atoms with Crippen LogP contribution in [0.25, 0.3) is 11.6 Å². The molecule has 0 unspecified atom stereocenters. The number of ether oxygens (including phenoxy) is 2. The van der Waals surface area contributed by atoms with Gasteiger partial charge in [-0.05, 0) is 41.6 Å². The van der Waals surface area contributed by atoms with Gasteiger partial charge in [0.05, 0.1) is 23.0 Å². The first-order valence-corrected chi connectivity index (χ1v) is 17.9. The van der Waals surface area contributed by atoms with Crippen molar-refractivity contribution in [2.75, 3.05) is 49.4 Å². The normalized spacial score (nSPS) is 11.2. The lowest BCUT2D eigenvalue weighted by atomic mass is 10.1. The number of thiophene rings is 1. The van der Waals surface area contributed by atoms with E-state index in [4.69, 9.17) is 9.47 Å². The molecule has 0 aliphatic carbocycles. The van der Waals surface area contributed by atoms with Crippen molar-refractivity contribution in [3.63, 3.8) is 0 Å². The van der Waals surface area contributed by atoms with E-state index in [-0.39, 0.29) is 26.4 Å². The second kappa shape index (κ2) is 20.9. The number of benzene rings is 1. The second-order valence-electron chi connectivity index (χ2n) is 9.63. The van der Waals surface area contributed by atoms with Crippen molar-refractivity contribution >= 4 is 58.4 Å². The monoisotopic (exact) mass is 708 g/mol. The Morgan fingerprint density at radius 3 is 2.17 bits per heavy atom. The molecule has 17 heteroatoms. The molecule has 2 aromatic heterocycles. The van der Waals surface area contributed by atoms with E-state index in [1.54, 1.807) is 24.4 Å². The van der Waals surface area contributed by atoms with E-state index in [0.717, 1.165) is 41.2 Å². The van der Waals surface area contributed by atoms with Crippen LogP contribution in [0.4, 0.5) is 0 Å². The van der Waals surface area contributed by atoms with E-state index in [9.17, 15) is 29.8 Å². The van der Waals surface area contributed by atoms with Crippen molar-refractivity contribution in [2.24, 2.45) is 0 Å². The van der Waals surface area contributed by atoms with Gasteiger partial charge in [-0.25, -0.2) is 14.6 Å². The van der Waals surface area contributed by atoms with Crippen LogP contribution < -0.4 is 0 Å². The molecule has 47 heavy (non-hydrogen) atoms. The number of aromatic nitrogens is 2. The average molecular weight is 709 g/mol. The standard InChI is InChI=1S/C30H36N4O10S3/c1-2-3-6-28-31-21-25(20-26(27-5-4-15-47-27)30(36)42-12-17-46-19-14-44-34(39)40)32(28)22-23-7-9-24(10-8-23)29(35)41-11-16-45-18-13-43-33(37)38/h4-5,7-10,15,20-21H,2-3,6,11-14,16-19,22H2,1H3/b26-20+. The first-order chi connectivity index (χ1) is 22.8. The van der Waals surface area contributed by atoms with Crippen molar-refractivity contribution in [2.45, 2.75) is 32.7 Å². The van der Waals surface area contributed by atoms with Gasteiger partial charge in [0.15, 0.2) is 0 Å². The molecule has 3 rings (SSSR count). The summed E-state index contributed by atoms with van der Waals surface area (Å²) in [6.07, 6.45) is 6.20. The minimum atomic E-state index is -0.839. The second-order valence-corrected chi connectivity index (χ2v) is 13.0. The highest BCUT2D eigenvalue weighted by atomic mass is 32.2. The molecule has 0 radical (unpaired) electrons. The number of hydrogen-bond acceptors (Lipinski definition) is 14. The van der Waals surface area contributed by atoms with Crippen LogP contribution in [0.15, 0.2) is 48.0 Å². The molecule has 0 saturated carbocycles. The van der Waals surface area contributed by atoms with Crippen LogP contribution in [-0.4, -0.2) is 81.1 Å². The van der Waals surface area contributed by atoms with E-state index < -0.39 is 22.1 Å². The maximum absolute atomic E-state index is 13.2. The fourth-order valence-corrected chi connectivity index (χ4v) is 6.02. The Morgan fingerprint density at radius 1 is 0.936 bits per heavy atom. The SMILES string of the molecule is CCCCc1ncc(/C=C(/C(=O)OCCSCCO[N+](=O)[O-])c2cccs2)n1Cc1ccc(C(=O)OCCSCCO[N+](=O)[O-])cc1. The van der Waals surface area contributed by atoms with Gasteiger partial charge < -0.3 is 23.7 Å². The Hall–Kier alpha value is -4.09. The van der Waals surface area contributed by atoms with Crippen LogP contribution in [-0.2, 0) is 36.9 Å². The van der Waals surface area contributed by atoms with E-state index in [0.29, 0.717) is 40.7 Å². The van der Waals surface area contributed by atoms with Gasteiger partial charge >= 0.3 is 11.9 Å². The van der Waals surface area contributed by atoms with E-state index >= 15 is 0 Å². The average Bonchev–Trinajstić information content (AvgIpc) is 3.72. The molecule has 0 saturated heterocycles. The van der Waals surface area contributed by atoms with E-state index in [1.807, 2.05) is 29.6 Å². The van der Waals surface area contributed by atoms with Gasteiger partial charge in [0.2, 0.25) is 0 Å². The van der Waals surface area contributed by atoms with Crippen LogP contribution in [0.3, 0.4) is 0 Å². The summed E-state index contributed by atoms with van der Waals surface area (Å²) in [5.41, 5.74) is 2.45. The number of esters is 2. The number of carbonyl (C=O) groups is 2. The number of imidazole rings is 1. The zero-order valence-corrected chi connectivity index (χ0v) is 28.2.